The van der Waals surface area contributed by atoms with Crippen molar-refractivity contribution in [1.82, 2.24) is 19.8 Å². The Morgan fingerprint density at radius 1 is 1.18 bits per heavy atom. The first-order chi connectivity index (χ1) is 18.9. The topological polar surface area (TPSA) is 63.8 Å². The van der Waals surface area contributed by atoms with E-state index in [1.165, 1.54) is 7.11 Å². The van der Waals surface area contributed by atoms with Gasteiger partial charge in [0.25, 0.3) is 0 Å². The van der Waals surface area contributed by atoms with Crippen LogP contribution in [0.1, 0.15) is 22.4 Å². The van der Waals surface area contributed by atoms with E-state index in [0.717, 1.165) is 34.3 Å². The lowest BCUT2D eigenvalue weighted by atomic mass is 10.0. The summed E-state index contributed by atoms with van der Waals surface area (Å²) in [6.07, 6.45) is 5.51. The van der Waals surface area contributed by atoms with Gasteiger partial charge in [-0.25, -0.2) is 27.8 Å². The molecule has 1 amide bonds. The number of carbonyl (C=O) groups excluding carboxylic acids is 1. The number of hydrogen-bond acceptors (Lipinski definition) is 4. The molecule has 1 N–H and O–H groups in total. The number of hydrogen-bond donors (Lipinski definition) is 1. The van der Waals surface area contributed by atoms with Crippen molar-refractivity contribution in [2.24, 2.45) is 0 Å². The lowest BCUT2D eigenvalue weighted by Crippen LogP contribution is -2.34. The van der Waals surface area contributed by atoms with Crippen molar-refractivity contribution in [1.29, 1.82) is 0 Å². The zero-order valence-corrected chi connectivity index (χ0v) is 21.0. The number of pyridine rings is 1. The molecule has 0 bridgehead atoms. The summed E-state index contributed by atoms with van der Waals surface area (Å²) in [6, 6.07) is 10.5. The summed E-state index contributed by atoms with van der Waals surface area (Å²) >= 11 is 0. The van der Waals surface area contributed by atoms with Crippen molar-refractivity contribution in [3.05, 3.63) is 106 Å². The second-order valence-corrected chi connectivity index (χ2v) is 9.13. The molecule has 0 saturated carbocycles. The Morgan fingerprint density at radius 3 is 2.72 bits per heavy atom. The number of ether oxygens (including phenoxy) is 1. The molecule has 0 atom stereocenters. The van der Waals surface area contributed by atoms with Crippen LogP contribution in [-0.4, -0.2) is 40.7 Å². The first-order valence-corrected chi connectivity index (χ1v) is 12.2. The highest BCUT2D eigenvalue weighted by Crippen LogP contribution is 2.33. The molecule has 7 nitrogen and oxygen atoms in total. The van der Waals surface area contributed by atoms with E-state index in [-0.39, 0.29) is 18.1 Å². The standard InChI is InChI=1S/C29H24F3N5O2/c1-33-20-5-6-25-21(15-20)22-17-36(10-3-4-18-12-23(30)28(32)24(31)13-18)11-8-26(22)37(25)29(38)35-16-19-7-9-34-27(14-19)39-2/h3-7,9,12-15H,8,10-11,16-17H2,2H3,(H,35,38)/b4-3+. The highest BCUT2D eigenvalue weighted by Gasteiger charge is 2.26. The third kappa shape index (κ3) is 5.35. The summed E-state index contributed by atoms with van der Waals surface area (Å²) in [5.74, 6) is -3.50. The summed E-state index contributed by atoms with van der Waals surface area (Å²) < 4.78 is 47.1. The highest BCUT2D eigenvalue weighted by atomic mass is 19.2. The largest absolute Gasteiger partial charge is 0.481 e. The molecule has 4 aromatic rings. The number of methoxy groups -OCH3 is 1. The SMILES string of the molecule is [C-]#[N+]c1ccc2c(c1)c1c(n2C(=O)NCc2ccnc(OC)c2)CCN(C/C=C/c2cc(F)c(F)c(F)c2)C1. The molecule has 10 heteroatoms. The van der Waals surface area contributed by atoms with Gasteiger partial charge in [0.15, 0.2) is 23.1 Å². The zero-order chi connectivity index (χ0) is 27.5. The number of halogens is 3. The lowest BCUT2D eigenvalue weighted by molar-refractivity contribution is 0.240. The third-order valence-corrected chi connectivity index (χ3v) is 6.68. The van der Waals surface area contributed by atoms with Gasteiger partial charge in [-0.3, -0.25) is 9.47 Å². The molecule has 0 unspecified atom stereocenters. The summed E-state index contributed by atoms with van der Waals surface area (Å²) in [7, 11) is 1.53. The second kappa shape index (κ2) is 11.0. The van der Waals surface area contributed by atoms with Gasteiger partial charge in [-0.15, -0.1) is 0 Å². The molecule has 3 heterocycles. The van der Waals surface area contributed by atoms with E-state index >= 15 is 0 Å². The molecule has 0 saturated heterocycles. The van der Waals surface area contributed by atoms with E-state index < -0.39 is 17.5 Å². The van der Waals surface area contributed by atoms with Gasteiger partial charge in [0, 0.05) is 50.6 Å². The monoisotopic (exact) mass is 531 g/mol. The van der Waals surface area contributed by atoms with Gasteiger partial charge in [0.2, 0.25) is 5.88 Å². The maximum Gasteiger partial charge on any atom is 0.326 e. The van der Waals surface area contributed by atoms with Crippen LogP contribution >= 0.6 is 0 Å². The van der Waals surface area contributed by atoms with Crippen molar-refractivity contribution < 1.29 is 22.7 Å². The van der Waals surface area contributed by atoms with Crippen LogP contribution in [-0.2, 0) is 19.5 Å². The molecule has 39 heavy (non-hydrogen) atoms. The molecule has 0 radical (unpaired) electrons. The Balaban J connectivity index is 1.38. The molecule has 1 aliphatic heterocycles. The Morgan fingerprint density at radius 2 is 1.97 bits per heavy atom. The Bertz CT molecular complexity index is 1620. The third-order valence-electron chi connectivity index (χ3n) is 6.68. The van der Waals surface area contributed by atoms with Crippen molar-refractivity contribution >= 4 is 28.7 Å². The Hall–Kier alpha value is -4.62. The number of nitrogens with zero attached hydrogens (tertiary/aromatic N) is 4. The number of aromatic nitrogens is 2. The maximum atomic E-state index is 13.5. The number of amides is 1. The molecule has 0 spiro atoms. The fourth-order valence-corrected chi connectivity index (χ4v) is 4.80. The summed E-state index contributed by atoms with van der Waals surface area (Å²) in [5, 5.41) is 3.80. The normalized spacial score (nSPS) is 13.4. The van der Waals surface area contributed by atoms with Crippen LogP contribution in [0.2, 0.25) is 0 Å². The molecule has 0 aliphatic carbocycles. The average molecular weight is 532 g/mol. The first kappa shape index (κ1) is 26.0. The molecule has 0 fully saturated rings. The molecule has 5 rings (SSSR count). The van der Waals surface area contributed by atoms with Crippen LogP contribution in [0.15, 0.2) is 54.7 Å². The van der Waals surface area contributed by atoms with E-state index in [1.54, 1.807) is 53.2 Å². The van der Waals surface area contributed by atoms with Gasteiger partial charge in [0.1, 0.15) is 0 Å². The van der Waals surface area contributed by atoms with Gasteiger partial charge in [-0.1, -0.05) is 18.2 Å². The predicted octanol–water partition coefficient (Wildman–Crippen LogP) is 5.84. The molecular formula is C29H24F3N5O2. The van der Waals surface area contributed by atoms with Crippen LogP contribution in [0.4, 0.5) is 23.7 Å². The quantitative estimate of drug-likeness (QED) is 0.251. The highest BCUT2D eigenvalue weighted by molar-refractivity contribution is 5.97. The number of nitrogens with one attached hydrogen (secondary N) is 1. The minimum atomic E-state index is -1.49. The molecular weight excluding hydrogens is 507 g/mol. The van der Waals surface area contributed by atoms with Crippen LogP contribution in [0.5, 0.6) is 5.88 Å². The minimum absolute atomic E-state index is 0.228. The van der Waals surface area contributed by atoms with E-state index in [1.807, 2.05) is 0 Å². The fourth-order valence-electron chi connectivity index (χ4n) is 4.80. The number of fused-ring (bicyclic) bond motifs is 3. The van der Waals surface area contributed by atoms with Gasteiger partial charge in [0.05, 0.1) is 19.2 Å². The molecule has 198 valence electrons. The number of carbonyl (C=O) groups is 1. The van der Waals surface area contributed by atoms with E-state index in [4.69, 9.17) is 11.3 Å². The smallest absolute Gasteiger partial charge is 0.326 e. The summed E-state index contributed by atoms with van der Waals surface area (Å²) in [4.78, 5) is 23.2. The van der Waals surface area contributed by atoms with Crippen molar-refractivity contribution in [3.8, 4) is 5.88 Å². The van der Waals surface area contributed by atoms with Crippen molar-refractivity contribution in [2.75, 3.05) is 20.2 Å². The minimum Gasteiger partial charge on any atom is -0.481 e. The van der Waals surface area contributed by atoms with Gasteiger partial charge in [-0.05, 0) is 52.4 Å². The Kier molecular flexibility index (Phi) is 7.34. The maximum absolute atomic E-state index is 13.5. The van der Waals surface area contributed by atoms with Gasteiger partial charge < -0.3 is 10.1 Å². The molecule has 2 aromatic heterocycles. The van der Waals surface area contributed by atoms with Crippen LogP contribution in [0.3, 0.4) is 0 Å². The van der Waals surface area contributed by atoms with E-state index in [2.05, 4.69) is 20.0 Å². The predicted molar refractivity (Wildman–Crippen MR) is 141 cm³/mol. The van der Waals surface area contributed by atoms with E-state index in [9.17, 15) is 18.0 Å². The second-order valence-electron chi connectivity index (χ2n) is 9.13. The van der Waals surface area contributed by atoms with Crippen molar-refractivity contribution in [2.45, 2.75) is 19.5 Å². The fraction of sp³-hybridized carbons (Fsp3) is 0.207. The van der Waals surface area contributed by atoms with Crippen LogP contribution in [0, 0.1) is 24.0 Å². The summed E-state index contributed by atoms with van der Waals surface area (Å²) in [5.41, 5.74) is 4.09. The van der Waals surface area contributed by atoms with Crippen LogP contribution in [0.25, 0.3) is 21.8 Å². The Labute approximate surface area is 223 Å². The molecule has 2 aromatic carbocycles. The number of rotatable bonds is 6. The summed E-state index contributed by atoms with van der Waals surface area (Å²) in [6.45, 7) is 9.35. The zero-order valence-electron chi connectivity index (χ0n) is 21.0. The van der Waals surface area contributed by atoms with Gasteiger partial charge in [-0.2, -0.15) is 0 Å². The average Bonchev–Trinajstić information content (AvgIpc) is 3.27. The van der Waals surface area contributed by atoms with Crippen molar-refractivity contribution in [3.63, 3.8) is 0 Å². The van der Waals surface area contributed by atoms with Crippen LogP contribution < -0.4 is 10.1 Å². The van der Waals surface area contributed by atoms with Gasteiger partial charge >= 0.3 is 6.03 Å². The number of benzene rings is 2. The lowest BCUT2D eigenvalue weighted by Gasteiger charge is -2.27. The van der Waals surface area contributed by atoms with E-state index in [0.29, 0.717) is 43.1 Å². The molecule has 1 aliphatic rings. The first-order valence-electron chi connectivity index (χ1n) is 12.2.